The second-order valence-electron chi connectivity index (χ2n) is 4.20. The van der Waals surface area contributed by atoms with E-state index in [2.05, 4.69) is 15.7 Å². The van der Waals surface area contributed by atoms with Crippen molar-refractivity contribution in [3.63, 3.8) is 0 Å². The quantitative estimate of drug-likeness (QED) is 0.505. The molecule has 1 aromatic rings. The molecule has 0 aliphatic carbocycles. The van der Waals surface area contributed by atoms with Gasteiger partial charge >= 0.3 is 12.0 Å². The molecule has 0 spiro atoms. The van der Waals surface area contributed by atoms with Gasteiger partial charge in [-0.1, -0.05) is 0 Å². The summed E-state index contributed by atoms with van der Waals surface area (Å²) >= 11 is 0. The maximum Gasteiger partial charge on any atom is 0.326 e. The van der Waals surface area contributed by atoms with Crippen LogP contribution in [0.5, 0.6) is 0 Å². The van der Waals surface area contributed by atoms with Gasteiger partial charge in [-0.2, -0.15) is 5.10 Å². The number of nitrogens with zero attached hydrogens (tertiary/aromatic N) is 2. The fourth-order valence-electron chi connectivity index (χ4n) is 1.48. The van der Waals surface area contributed by atoms with Crippen molar-refractivity contribution in [2.75, 3.05) is 0 Å². The fraction of sp³-hybridized carbons (Fsp3) is 0.455. The molecular weight excluding hydrogens is 266 g/mol. The Labute approximate surface area is 115 Å². The summed E-state index contributed by atoms with van der Waals surface area (Å²) in [5, 5.41) is 17.7. The SMILES string of the molecule is Cn1ccc(CNC(=O)N[C@H](CCC(N)=O)C(=O)O)n1. The van der Waals surface area contributed by atoms with Gasteiger partial charge in [0, 0.05) is 19.7 Å². The van der Waals surface area contributed by atoms with Gasteiger partial charge in [0.25, 0.3) is 0 Å². The topological polar surface area (TPSA) is 139 Å². The summed E-state index contributed by atoms with van der Waals surface area (Å²) in [4.78, 5) is 33.1. The van der Waals surface area contributed by atoms with Crippen molar-refractivity contribution < 1.29 is 19.5 Å². The third-order valence-electron chi connectivity index (χ3n) is 2.48. The molecule has 0 aliphatic heterocycles. The lowest BCUT2D eigenvalue weighted by Gasteiger charge is -2.14. The van der Waals surface area contributed by atoms with Crippen molar-refractivity contribution in [2.24, 2.45) is 12.8 Å². The van der Waals surface area contributed by atoms with Gasteiger partial charge in [-0.3, -0.25) is 9.48 Å². The van der Waals surface area contributed by atoms with E-state index < -0.39 is 23.9 Å². The van der Waals surface area contributed by atoms with E-state index in [0.29, 0.717) is 5.69 Å². The summed E-state index contributed by atoms with van der Waals surface area (Å²) in [6, 6.07) is -0.0825. The molecule has 0 fully saturated rings. The number of aliphatic carboxylic acids is 1. The minimum absolute atomic E-state index is 0.0539. The number of carboxylic acid groups (broad SMARTS) is 1. The molecule has 0 saturated carbocycles. The van der Waals surface area contributed by atoms with Crippen LogP contribution < -0.4 is 16.4 Å². The first-order chi connectivity index (χ1) is 9.38. The minimum atomic E-state index is -1.22. The van der Waals surface area contributed by atoms with Crippen LogP contribution in [0.1, 0.15) is 18.5 Å². The van der Waals surface area contributed by atoms with Gasteiger partial charge in [0.05, 0.1) is 12.2 Å². The Bertz CT molecular complexity index is 499. The van der Waals surface area contributed by atoms with Crippen LogP contribution in [-0.2, 0) is 23.2 Å². The van der Waals surface area contributed by atoms with Crippen molar-refractivity contribution in [1.29, 1.82) is 0 Å². The van der Waals surface area contributed by atoms with Crippen molar-refractivity contribution in [3.05, 3.63) is 18.0 Å². The number of amides is 3. The average molecular weight is 283 g/mol. The highest BCUT2D eigenvalue weighted by molar-refractivity contribution is 5.83. The number of urea groups is 1. The molecule has 5 N–H and O–H groups in total. The first-order valence-corrected chi connectivity index (χ1v) is 5.92. The molecule has 0 saturated heterocycles. The van der Waals surface area contributed by atoms with Crippen molar-refractivity contribution in [2.45, 2.75) is 25.4 Å². The van der Waals surface area contributed by atoms with E-state index in [1.54, 1.807) is 24.0 Å². The predicted octanol–water partition coefficient (Wildman–Crippen LogP) is -1.06. The first-order valence-electron chi connectivity index (χ1n) is 5.92. The number of aromatic nitrogens is 2. The largest absolute Gasteiger partial charge is 0.480 e. The van der Waals surface area contributed by atoms with Crippen LogP contribution in [0.4, 0.5) is 4.79 Å². The number of carbonyl (C=O) groups is 3. The Balaban J connectivity index is 2.41. The Morgan fingerprint density at radius 1 is 1.50 bits per heavy atom. The van der Waals surface area contributed by atoms with Crippen LogP contribution in [0.15, 0.2) is 12.3 Å². The van der Waals surface area contributed by atoms with Gasteiger partial charge in [-0.25, -0.2) is 9.59 Å². The third-order valence-corrected chi connectivity index (χ3v) is 2.48. The van der Waals surface area contributed by atoms with Crippen molar-refractivity contribution in [3.8, 4) is 0 Å². The van der Waals surface area contributed by atoms with Crippen LogP contribution in [0.2, 0.25) is 0 Å². The van der Waals surface area contributed by atoms with E-state index in [9.17, 15) is 14.4 Å². The smallest absolute Gasteiger partial charge is 0.326 e. The molecule has 3 amide bonds. The first kappa shape index (κ1) is 15.5. The van der Waals surface area contributed by atoms with E-state index >= 15 is 0 Å². The van der Waals surface area contributed by atoms with Gasteiger partial charge in [-0.15, -0.1) is 0 Å². The van der Waals surface area contributed by atoms with Crippen LogP contribution in [0.3, 0.4) is 0 Å². The van der Waals surface area contributed by atoms with Crippen LogP contribution in [-0.4, -0.2) is 38.8 Å². The highest BCUT2D eigenvalue weighted by atomic mass is 16.4. The number of carboxylic acids is 1. The van der Waals surface area contributed by atoms with E-state index in [1.165, 1.54) is 0 Å². The fourth-order valence-corrected chi connectivity index (χ4v) is 1.48. The summed E-state index contributed by atoms with van der Waals surface area (Å²) in [5.41, 5.74) is 5.58. The van der Waals surface area contributed by atoms with E-state index in [0.717, 1.165) is 0 Å². The molecule has 0 radical (unpaired) electrons. The highest BCUT2D eigenvalue weighted by Crippen LogP contribution is 1.98. The molecule has 1 rings (SSSR count). The molecule has 9 heteroatoms. The van der Waals surface area contributed by atoms with Crippen LogP contribution >= 0.6 is 0 Å². The lowest BCUT2D eigenvalue weighted by Crippen LogP contribution is -2.46. The molecule has 0 aliphatic rings. The normalized spacial score (nSPS) is 11.7. The molecule has 1 atom stereocenters. The average Bonchev–Trinajstić information content (AvgIpc) is 2.77. The van der Waals surface area contributed by atoms with E-state index in [-0.39, 0.29) is 19.4 Å². The molecule has 110 valence electrons. The molecule has 1 aromatic heterocycles. The maximum absolute atomic E-state index is 11.5. The Kier molecular flexibility index (Phi) is 5.51. The van der Waals surface area contributed by atoms with Crippen LogP contribution in [0.25, 0.3) is 0 Å². The molecule has 0 bridgehead atoms. The molecule has 1 heterocycles. The highest BCUT2D eigenvalue weighted by Gasteiger charge is 2.20. The standard InChI is InChI=1S/C11H17N5O4/c1-16-5-4-7(15-16)6-13-11(20)14-8(10(18)19)2-3-9(12)17/h4-5,8H,2-3,6H2,1H3,(H2,12,17)(H,18,19)(H2,13,14,20)/t8-/m1/s1. The maximum atomic E-state index is 11.5. The van der Waals surface area contributed by atoms with E-state index in [4.69, 9.17) is 10.8 Å². The Hall–Kier alpha value is -2.58. The van der Waals surface area contributed by atoms with Gasteiger partial charge in [0.1, 0.15) is 6.04 Å². The van der Waals surface area contributed by atoms with Gasteiger partial charge < -0.3 is 21.5 Å². The van der Waals surface area contributed by atoms with Gasteiger partial charge in [0.2, 0.25) is 5.91 Å². The number of nitrogens with two attached hydrogens (primary N) is 1. The lowest BCUT2D eigenvalue weighted by molar-refractivity contribution is -0.139. The summed E-state index contributed by atoms with van der Waals surface area (Å²) in [5.74, 6) is -1.84. The minimum Gasteiger partial charge on any atom is -0.480 e. The van der Waals surface area contributed by atoms with Crippen molar-refractivity contribution in [1.82, 2.24) is 20.4 Å². The second-order valence-corrected chi connectivity index (χ2v) is 4.20. The molecule has 0 aromatic carbocycles. The molecular formula is C11H17N5O4. The summed E-state index contributed by atoms with van der Waals surface area (Å²) in [7, 11) is 1.74. The zero-order valence-corrected chi connectivity index (χ0v) is 11.0. The number of rotatable bonds is 7. The van der Waals surface area contributed by atoms with Crippen molar-refractivity contribution >= 4 is 17.9 Å². The number of hydrogen-bond acceptors (Lipinski definition) is 4. The number of aryl methyl sites for hydroxylation is 1. The summed E-state index contributed by atoms with van der Waals surface area (Å²) in [6.45, 7) is 0.175. The molecule has 9 nitrogen and oxygen atoms in total. The molecule has 0 unspecified atom stereocenters. The Morgan fingerprint density at radius 3 is 2.70 bits per heavy atom. The number of hydrogen-bond donors (Lipinski definition) is 4. The predicted molar refractivity (Wildman–Crippen MR) is 68.4 cm³/mol. The van der Waals surface area contributed by atoms with Gasteiger partial charge in [-0.05, 0) is 12.5 Å². The number of carbonyl (C=O) groups excluding carboxylic acids is 2. The zero-order valence-electron chi connectivity index (χ0n) is 11.0. The number of nitrogens with one attached hydrogen (secondary N) is 2. The monoisotopic (exact) mass is 283 g/mol. The Morgan fingerprint density at radius 2 is 2.20 bits per heavy atom. The van der Waals surface area contributed by atoms with Crippen LogP contribution in [0, 0.1) is 0 Å². The van der Waals surface area contributed by atoms with E-state index in [1.807, 2.05) is 0 Å². The zero-order chi connectivity index (χ0) is 15.1. The third kappa shape index (κ3) is 5.38. The summed E-state index contributed by atoms with van der Waals surface area (Å²) < 4.78 is 1.59. The second kappa shape index (κ2) is 7.12. The summed E-state index contributed by atoms with van der Waals surface area (Å²) in [6.07, 6.45) is 1.56. The lowest BCUT2D eigenvalue weighted by atomic mass is 10.1. The number of primary amides is 1. The molecule has 20 heavy (non-hydrogen) atoms. The van der Waals surface area contributed by atoms with Gasteiger partial charge in [0.15, 0.2) is 0 Å².